The third-order valence-corrected chi connectivity index (χ3v) is 4.11. The summed E-state index contributed by atoms with van der Waals surface area (Å²) in [5.74, 6) is 0.929. The molecule has 0 fully saturated rings. The van der Waals surface area contributed by atoms with Gasteiger partial charge in [-0.2, -0.15) is 0 Å². The lowest BCUT2D eigenvalue weighted by Crippen LogP contribution is -1.99. The first-order chi connectivity index (χ1) is 13.2. The summed E-state index contributed by atoms with van der Waals surface area (Å²) in [6.07, 6.45) is 0. The van der Waals surface area contributed by atoms with Crippen LogP contribution < -0.4 is 10.1 Å². The van der Waals surface area contributed by atoms with Gasteiger partial charge in [0.1, 0.15) is 17.0 Å². The van der Waals surface area contributed by atoms with E-state index in [-0.39, 0.29) is 5.69 Å². The molecule has 0 unspecified atom stereocenters. The summed E-state index contributed by atoms with van der Waals surface area (Å²) in [6.45, 7) is 0. The van der Waals surface area contributed by atoms with Crippen molar-refractivity contribution in [2.45, 2.75) is 0 Å². The summed E-state index contributed by atoms with van der Waals surface area (Å²) in [7, 11) is 1.55. The molecule has 7 nitrogen and oxygen atoms in total. The number of ether oxygens (including phenoxy) is 1. The van der Waals surface area contributed by atoms with Crippen LogP contribution in [0.2, 0.25) is 0 Å². The highest BCUT2D eigenvalue weighted by Crippen LogP contribution is 2.35. The van der Waals surface area contributed by atoms with Crippen molar-refractivity contribution in [2.24, 2.45) is 0 Å². The summed E-state index contributed by atoms with van der Waals surface area (Å²) in [5, 5.41) is 14.7. The van der Waals surface area contributed by atoms with Gasteiger partial charge in [-0.25, -0.2) is 4.98 Å². The van der Waals surface area contributed by atoms with Gasteiger partial charge in [-0.05, 0) is 36.4 Å². The Bertz CT molecular complexity index is 1100. The zero-order valence-electron chi connectivity index (χ0n) is 14.4. The zero-order valence-corrected chi connectivity index (χ0v) is 14.4. The lowest BCUT2D eigenvalue weighted by Gasteiger charge is -2.11. The van der Waals surface area contributed by atoms with Crippen LogP contribution in [0.25, 0.3) is 22.6 Å². The fourth-order valence-electron chi connectivity index (χ4n) is 2.81. The number of anilines is 2. The van der Waals surface area contributed by atoms with E-state index in [1.165, 1.54) is 6.07 Å². The van der Waals surface area contributed by atoms with Crippen LogP contribution in [0, 0.1) is 10.1 Å². The van der Waals surface area contributed by atoms with Gasteiger partial charge in [-0.1, -0.05) is 24.3 Å². The Labute approximate surface area is 154 Å². The van der Waals surface area contributed by atoms with Crippen molar-refractivity contribution in [2.75, 3.05) is 12.4 Å². The Kier molecular flexibility index (Phi) is 4.18. The first-order valence-electron chi connectivity index (χ1n) is 8.20. The van der Waals surface area contributed by atoms with Gasteiger partial charge in [0.2, 0.25) is 5.89 Å². The molecule has 0 aliphatic heterocycles. The van der Waals surface area contributed by atoms with E-state index in [9.17, 15) is 10.1 Å². The molecule has 0 aliphatic carbocycles. The van der Waals surface area contributed by atoms with Crippen molar-refractivity contribution in [1.29, 1.82) is 0 Å². The van der Waals surface area contributed by atoms with Crippen molar-refractivity contribution in [3.05, 3.63) is 76.8 Å². The monoisotopic (exact) mass is 361 g/mol. The molecule has 4 aromatic rings. The van der Waals surface area contributed by atoms with Crippen LogP contribution in [0.5, 0.6) is 5.75 Å². The maximum Gasteiger partial charge on any atom is 0.293 e. The minimum atomic E-state index is -0.441. The van der Waals surface area contributed by atoms with Crippen molar-refractivity contribution in [1.82, 2.24) is 4.98 Å². The minimum absolute atomic E-state index is 0.0827. The molecule has 0 bridgehead atoms. The molecule has 1 aromatic heterocycles. The summed E-state index contributed by atoms with van der Waals surface area (Å²) >= 11 is 0. The Morgan fingerprint density at radius 3 is 2.59 bits per heavy atom. The Morgan fingerprint density at radius 2 is 1.81 bits per heavy atom. The van der Waals surface area contributed by atoms with Crippen LogP contribution in [0.15, 0.2) is 71.1 Å². The van der Waals surface area contributed by atoms with Gasteiger partial charge in [-0.3, -0.25) is 10.1 Å². The second kappa shape index (κ2) is 6.80. The Balaban J connectivity index is 1.75. The van der Waals surface area contributed by atoms with Crippen LogP contribution in [-0.4, -0.2) is 17.0 Å². The van der Waals surface area contributed by atoms with Crippen LogP contribution in [-0.2, 0) is 0 Å². The molecule has 27 heavy (non-hydrogen) atoms. The van der Waals surface area contributed by atoms with Crippen molar-refractivity contribution >= 4 is 28.2 Å². The molecule has 0 radical (unpaired) electrons. The summed E-state index contributed by atoms with van der Waals surface area (Å²) in [5.41, 5.74) is 2.77. The molecule has 7 heteroatoms. The molecule has 0 spiro atoms. The van der Waals surface area contributed by atoms with Crippen LogP contribution in [0.4, 0.5) is 17.1 Å². The molecular weight excluding hydrogens is 346 g/mol. The van der Waals surface area contributed by atoms with E-state index in [0.29, 0.717) is 39.7 Å². The number of benzene rings is 3. The minimum Gasteiger partial charge on any atom is -0.495 e. The van der Waals surface area contributed by atoms with E-state index in [4.69, 9.17) is 9.15 Å². The number of hydrogen-bond donors (Lipinski definition) is 1. The van der Waals surface area contributed by atoms with Crippen molar-refractivity contribution < 1.29 is 14.1 Å². The number of nitrogens with one attached hydrogen (secondary N) is 1. The first kappa shape index (κ1) is 16.6. The standard InChI is InChI=1S/C20H15N3O4/c1-26-18-8-4-2-6-15(18)21-14-11-10-13(12-17(14)23(24)25)20-22-16-7-3-5-9-19(16)27-20/h2-12,21H,1H3. The summed E-state index contributed by atoms with van der Waals surface area (Å²) in [6, 6.07) is 19.4. The zero-order chi connectivity index (χ0) is 18.8. The molecule has 0 aliphatic rings. The average molecular weight is 361 g/mol. The Hall–Kier alpha value is -3.87. The van der Waals surface area contributed by atoms with Crippen LogP contribution in [0.1, 0.15) is 0 Å². The van der Waals surface area contributed by atoms with Crippen molar-refractivity contribution in [3.63, 3.8) is 0 Å². The predicted molar refractivity (Wildman–Crippen MR) is 102 cm³/mol. The number of hydrogen-bond acceptors (Lipinski definition) is 6. The van der Waals surface area contributed by atoms with E-state index in [1.807, 2.05) is 30.3 Å². The van der Waals surface area contributed by atoms with E-state index in [2.05, 4.69) is 10.3 Å². The van der Waals surface area contributed by atoms with Crippen LogP contribution >= 0.6 is 0 Å². The molecule has 3 aromatic carbocycles. The van der Waals surface area contributed by atoms with E-state index in [1.54, 1.807) is 37.4 Å². The molecule has 0 saturated heterocycles. The lowest BCUT2D eigenvalue weighted by molar-refractivity contribution is -0.383. The van der Waals surface area contributed by atoms with Gasteiger partial charge in [0.05, 0.1) is 17.7 Å². The molecule has 0 amide bonds. The van der Waals surface area contributed by atoms with E-state index < -0.39 is 4.92 Å². The lowest BCUT2D eigenvalue weighted by atomic mass is 10.1. The molecule has 1 N–H and O–H groups in total. The number of nitro benzene ring substituents is 1. The summed E-state index contributed by atoms with van der Waals surface area (Å²) in [4.78, 5) is 15.6. The fourth-order valence-corrected chi connectivity index (χ4v) is 2.81. The number of aromatic nitrogens is 1. The highest BCUT2D eigenvalue weighted by atomic mass is 16.6. The van der Waals surface area contributed by atoms with Gasteiger partial charge in [0, 0.05) is 11.6 Å². The van der Waals surface area contributed by atoms with Crippen molar-refractivity contribution in [3.8, 4) is 17.2 Å². The number of oxazole rings is 1. The molecule has 1 heterocycles. The number of methoxy groups -OCH3 is 1. The van der Waals surface area contributed by atoms with E-state index >= 15 is 0 Å². The topological polar surface area (TPSA) is 90.4 Å². The number of nitro groups is 1. The van der Waals surface area contributed by atoms with Gasteiger partial charge >= 0.3 is 0 Å². The molecule has 4 rings (SSSR count). The average Bonchev–Trinajstić information content (AvgIpc) is 3.12. The normalized spacial score (nSPS) is 10.7. The van der Waals surface area contributed by atoms with Gasteiger partial charge in [0.15, 0.2) is 5.58 Å². The van der Waals surface area contributed by atoms with Crippen LogP contribution in [0.3, 0.4) is 0 Å². The number of fused-ring (bicyclic) bond motifs is 1. The Morgan fingerprint density at radius 1 is 1.04 bits per heavy atom. The highest BCUT2D eigenvalue weighted by molar-refractivity contribution is 5.79. The first-order valence-corrected chi connectivity index (χ1v) is 8.20. The summed E-state index contributed by atoms with van der Waals surface area (Å²) < 4.78 is 11.0. The second-order valence-electron chi connectivity index (χ2n) is 5.80. The maximum atomic E-state index is 11.6. The smallest absolute Gasteiger partial charge is 0.293 e. The van der Waals surface area contributed by atoms with Gasteiger partial charge in [-0.15, -0.1) is 0 Å². The maximum absolute atomic E-state index is 11.6. The SMILES string of the molecule is COc1ccccc1Nc1ccc(-c2nc3ccccc3o2)cc1[N+](=O)[O-]. The quantitative estimate of drug-likeness (QED) is 0.390. The highest BCUT2D eigenvalue weighted by Gasteiger charge is 2.19. The molecule has 134 valence electrons. The number of nitrogens with zero attached hydrogens (tertiary/aromatic N) is 2. The number of para-hydroxylation sites is 4. The van der Waals surface area contributed by atoms with Gasteiger partial charge < -0.3 is 14.5 Å². The number of rotatable bonds is 5. The third kappa shape index (κ3) is 3.18. The third-order valence-electron chi connectivity index (χ3n) is 4.11. The largest absolute Gasteiger partial charge is 0.495 e. The molecular formula is C20H15N3O4. The molecule has 0 saturated carbocycles. The second-order valence-corrected chi connectivity index (χ2v) is 5.80. The van der Waals surface area contributed by atoms with E-state index in [0.717, 1.165) is 0 Å². The van der Waals surface area contributed by atoms with Gasteiger partial charge in [0.25, 0.3) is 5.69 Å². The fraction of sp³-hybridized carbons (Fsp3) is 0.0500. The predicted octanol–water partition coefficient (Wildman–Crippen LogP) is 5.16. The molecule has 0 atom stereocenters.